The Balaban J connectivity index is 1.90. The standard InChI is InChI=1S/C15H18N2O2/c1-10-9-19-11(2)8-17(10)15(18)14-7-12-5-3-4-6-13(12)16-14/h3-7,10-11,16H,8-9H2,1-2H3. The van der Waals surface area contributed by atoms with E-state index >= 15 is 0 Å². The van der Waals surface area contributed by atoms with Crippen molar-refractivity contribution in [1.82, 2.24) is 9.88 Å². The maximum absolute atomic E-state index is 12.6. The molecule has 2 atom stereocenters. The van der Waals surface area contributed by atoms with E-state index in [1.165, 1.54) is 0 Å². The predicted molar refractivity (Wildman–Crippen MR) is 74.2 cm³/mol. The molecule has 1 aromatic heterocycles. The van der Waals surface area contributed by atoms with Crippen molar-refractivity contribution < 1.29 is 9.53 Å². The van der Waals surface area contributed by atoms with Crippen molar-refractivity contribution >= 4 is 16.8 Å². The van der Waals surface area contributed by atoms with Crippen molar-refractivity contribution in [2.75, 3.05) is 13.2 Å². The van der Waals surface area contributed by atoms with E-state index < -0.39 is 0 Å². The molecular formula is C15H18N2O2. The highest BCUT2D eigenvalue weighted by molar-refractivity contribution is 5.98. The van der Waals surface area contributed by atoms with Crippen LogP contribution in [0, 0.1) is 0 Å². The first kappa shape index (κ1) is 12.2. The number of carbonyl (C=O) groups is 1. The van der Waals surface area contributed by atoms with Crippen LogP contribution < -0.4 is 0 Å². The monoisotopic (exact) mass is 258 g/mol. The van der Waals surface area contributed by atoms with Crippen LogP contribution in [0.4, 0.5) is 0 Å². The molecule has 1 aliphatic rings. The number of benzene rings is 1. The van der Waals surface area contributed by atoms with Gasteiger partial charge in [-0.1, -0.05) is 18.2 Å². The molecule has 2 heterocycles. The Morgan fingerprint density at radius 1 is 1.37 bits per heavy atom. The Labute approximate surface area is 112 Å². The molecule has 4 nitrogen and oxygen atoms in total. The fourth-order valence-corrected chi connectivity index (χ4v) is 2.53. The number of carbonyl (C=O) groups excluding carboxylic acids is 1. The van der Waals surface area contributed by atoms with E-state index in [9.17, 15) is 4.79 Å². The summed E-state index contributed by atoms with van der Waals surface area (Å²) in [6.45, 7) is 5.27. The topological polar surface area (TPSA) is 45.3 Å². The highest BCUT2D eigenvalue weighted by Crippen LogP contribution is 2.19. The Hall–Kier alpha value is -1.81. The first-order chi connectivity index (χ1) is 9.15. The number of nitrogens with zero attached hydrogens (tertiary/aromatic N) is 1. The van der Waals surface area contributed by atoms with E-state index in [1.807, 2.05) is 49.1 Å². The third kappa shape index (κ3) is 2.24. The lowest BCUT2D eigenvalue weighted by Gasteiger charge is -2.36. The summed E-state index contributed by atoms with van der Waals surface area (Å²) >= 11 is 0. The molecule has 1 saturated heterocycles. The molecule has 1 fully saturated rings. The second-order valence-corrected chi connectivity index (χ2v) is 5.22. The van der Waals surface area contributed by atoms with Gasteiger partial charge in [0.2, 0.25) is 0 Å². The van der Waals surface area contributed by atoms with Gasteiger partial charge in [-0.3, -0.25) is 4.79 Å². The lowest BCUT2D eigenvalue weighted by molar-refractivity contribution is -0.0388. The van der Waals surface area contributed by atoms with Crippen molar-refractivity contribution in [3.63, 3.8) is 0 Å². The Bertz CT molecular complexity index is 572. The Morgan fingerprint density at radius 2 is 2.16 bits per heavy atom. The van der Waals surface area contributed by atoms with Gasteiger partial charge in [0.25, 0.3) is 5.91 Å². The smallest absolute Gasteiger partial charge is 0.270 e. The van der Waals surface area contributed by atoms with Crippen LogP contribution in [0.5, 0.6) is 0 Å². The van der Waals surface area contributed by atoms with Crippen LogP contribution in [0.15, 0.2) is 30.3 Å². The normalized spacial score (nSPS) is 23.8. The van der Waals surface area contributed by atoms with E-state index in [4.69, 9.17) is 4.74 Å². The van der Waals surface area contributed by atoms with E-state index in [0.717, 1.165) is 10.9 Å². The maximum Gasteiger partial charge on any atom is 0.270 e. The summed E-state index contributed by atoms with van der Waals surface area (Å²) in [4.78, 5) is 17.6. The first-order valence-electron chi connectivity index (χ1n) is 6.65. The molecule has 1 aliphatic heterocycles. The average molecular weight is 258 g/mol. The molecule has 0 bridgehead atoms. The summed E-state index contributed by atoms with van der Waals surface area (Å²) < 4.78 is 5.56. The number of morpholine rings is 1. The number of fused-ring (bicyclic) bond motifs is 1. The molecule has 1 N–H and O–H groups in total. The van der Waals surface area contributed by atoms with Crippen LogP contribution in [-0.4, -0.2) is 41.1 Å². The summed E-state index contributed by atoms with van der Waals surface area (Å²) in [6, 6.07) is 9.97. The third-order valence-electron chi connectivity index (χ3n) is 3.63. The molecule has 0 saturated carbocycles. The van der Waals surface area contributed by atoms with Gasteiger partial charge in [0.1, 0.15) is 5.69 Å². The molecule has 1 amide bonds. The van der Waals surface area contributed by atoms with E-state index in [0.29, 0.717) is 18.8 Å². The van der Waals surface area contributed by atoms with Crippen LogP contribution in [-0.2, 0) is 4.74 Å². The minimum atomic E-state index is 0.0545. The molecule has 0 radical (unpaired) electrons. The largest absolute Gasteiger partial charge is 0.375 e. The zero-order valence-electron chi connectivity index (χ0n) is 11.2. The van der Waals surface area contributed by atoms with Gasteiger partial charge in [-0.2, -0.15) is 0 Å². The first-order valence-corrected chi connectivity index (χ1v) is 6.65. The van der Waals surface area contributed by atoms with Gasteiger partial charge in [0.05, 0.1) is 18.8 Å². The summed E-state index contributed by atoms with van der Waals surface area (Å²) in [6.07, 6.45) is 0.101. The van der Waals surface area contributed by atoms with Crippen LogP contribution in [0.25, 0.3) is 10.9 Å². The number of aromatic amines is 1. The molecular weight excluding hydrogens is 240 g/mol. The molecule has 3 rings (SSSR count). The second kappa shape index (κ2) is 4.70. The Morgan fingerprint density at radius 3 is 2.95 bits per heavy atom. The number of amides is 1. The highest BCUT2D eigenvalue weighted by Gasteiger charge is 2.28. The van der Waals surface area contributed by atoms with Gasteiger partial charge in [0.15, 0.2) is 0 Å². The van der Waals surface area contributed by atoms with Crippen molar-refractivity contribution in [3.8, 4) is 0 Å². The lowest BCUT2D eigenvalue weighted by atomic mass is 10.2. The minimum absolute atomic E-state index is 0.0545. The van der Waals surface area contributed by atoms with Gasteiger partial charge in [-0.05, 0) is 26.0 Å². The van der Waals surface area contributed by atoms with Gasteiger partial charge >= 0.3 is 0 Å². The van der Waals surface area contributed by atoms with Gasteiger partial charge < -0.3 is 14.6 Å². The number of para-hydroxylation sites is 1. The number of nitrogens with one attached hydrogen (secondary N) is 1. The molecule has 100 valence electrons. The van der Waals surface area contributed by atoms with E-state index in [2.05, 4.69) is 4.98 Å². The molecule has 0 aliphatic carbocycles. The summed E-state index contributed by atoms with van der Waals surface area (Å²) in [7, 11) is 0. The fourth-order valence-electron chi connectivity index (χ4n) is 2.53. The average Bonchev–Trinajstić information content (AvgIpc) is 2.84. The summed E-state index contributed by atoms with van der Waals surface area (Å²) in [5, 5.41) is 1.07. The van der Waals surface area contributed by atoms with Gasteiger partial charge in [0, 0.05) is 17.4 Å². The van der Waals surface area contributed by atoms with Crippen LogP contribution in [0.1, 0.15) is 24.3 Å². The SMILES string of the molecule is CC1CN(C(=O)c2cc3ccccc3[nH]2)C(C)CO1. The maximum atomic E-state index is 12.6. The lowest BCUT2D eigenvalue weighted by Crippen LogP contribution is -2.50. The molecule has 1 aromatic carbocycles. The number of hydrogen-bond acceptors (Lipinski definition) is 2. The number of hydrogen-bond donors (Lipinski definition) is 1. The van der Waals surface area contributed by atoms with Crippen molar-refractivity contribution in [1.29, 1.82) is 0 Å². The van der Waals surface area contributed by atoms with Crippen LogP contribution in [0.2, 0.25) is 0 Å². The zero-order chi connectivity index (χ0) is 13.4. The van der Waals surface area contributed by atoms with Crippen molar-refractivity contribution in [2.45, 2.75) is 26.0 Å². The molecule has 2 aromatic rings. The van der Waals surface area contributed by atoms with Crippen LogP contribution >= 0.6 is 0 Å². The number of aromatic nitrogens is 1. The van der Waals surface area contributed by atoms with E-state index in [-0.39, 0.29) is 18.1 Å². The molecule has 4 heteroatoms. The third-order valence-corrected chi connectivity index (χ3v) is 3.63. The predicted octanol–water partition coefficient (Wildman–Crippen LogP) is 2.42. The van der Waals surface area contributed by atoms with Crippen LogP contribution in [0.3, 0.4) is 0 Å². The van der Waals surface area contributed by atoms with Crippen molar-refractivity contribution in [3.05, 3.63) is 36.0 Å². The molecule has 0 spiro atoms. The quantitative estimate of drug-likeness (QED) is 0.853. The second-order valence-electron chi connectivity index (χ2n) is 5.22. The van der Waals surface area contributed by atoms with Gasteiger partial charge in [-0.15, -0.1) is 0 Å². The minimum Gasteiger partial charge on any atom is -0.375 e. The Kier molecular flexibility index (Phi) is 3.03. The number of H-pyrrole nitrogens is 1. The summed E-state index contributed by atoms with van der Waals surface area (Å²) in [5.41, 5.74) is 1.65. The van der Waals surface area contributed by atoms with Gasteiger partial charge in [-0.25, -0.2) is 0 Å². The number of ether oxygens (including phenoxy) is 1. The van der Waals surface area contributed by atoms with Crippen molar-refractivity contribution in [2.24, 2.45) is 0 Å². The summed E-state index contributed by atoms with van der Waals surface area (Å²) in [5.74, 6) is 0.0545. The fraction of sp³-hybridized carbons (Fsp3) is 0.400. The number of rotatable bonds is 1. The van der Waals surface area contributed by atoms with E-state index in [1.54, 1.807) is 0 Å². The molecule has 2 unspecified atom stereocenters. The molecule has 19 heavy (non-hydrogen) atoms. The zero-order valence-corrected chi connectivity index (χ0v) is 11.2. The highest BCUT2D eigenvalue weighted by atomic mass is 16.5.